The van der Waals surface area contributed by atoms with Crippen LogP contribution in [0.3, 0.4) is 0 Å². The Labute approximate surface area is 136 Å². The number of furan rings is 1. The molecule has 0 saturated heterocycles. The molecule has 0 unspecified atom stereocenters. The first-order chi connectivity index (χ1) is 10.8. The van der Waals surface area contributed by atoms with Crippen LogP contribution in [0.5, 0.6) is 0 Å². The van der Waals surface area contributed by atoms with Gasteiger partial charge in [-0.05, 0) is 25.3 Å². The van der Waals surface area contributed by atoms with Crippen LogP contribution in [0.1, 0.15) is 33.4 Å². The van der Waals surface area contributed by atoms with Crippen molar-refractivity contribution < 1.29 is 27.2 Å². The lowest BCUT2D eigenvalue weighted by molar-refractivity contribution is 0.0521. The third-order valence-electron chi connectivity index (χ3n) is 2.80. The molecule has 0 fully saturated rings. The SMILES string of the molecule is CCOC(=O)c1c(C)oc(NS(=O)(=O)c2cccs2)c1C(N)=O. The van der Waals surface area contributed by atoms with E-state index in [-0.39, 0.29) is 27.7 Å². The van der Waals surface area contributed by atoms with E-state index in [4.69, 9.17) is 14.9 Å². The number of nitrogens with one attached hydrogen (secondary N) is 1. The van der Waals surface area contributed by atoms with Crippen LogP contribution in [-0.4, -0.2) is 26.9 Å². The zero-order chi connectivity index (χ0) is 17.2. The first-order valence-electron chi connectivity index (χ1n) is 6.44. The number of primary amides is 1. The fourth-order valence-corrected chi connectivity index (χ4v) is 3.88. The summed E-state index contributed by atoms with van der Waals surface area (Å²) in [6.07, 6.45) is 0. The van der Waals surface area contributed by atoms with Gasteiger partial charge in [-0.3, -0.25) is 4.79 Å². The molecular formula is C13H14N2O6S2. The second-order valence-corrected chi connectivity index (χ2v) is 7.22. The molecule has 2 aromatic heterocycles. The molecule has 0 aliphatic heterocycles. The summed E-state index contributed by atoms with van der Waals surface area (Å²) in [6.45, 7) is 3.08. The quantitative estimate of drug-likeness (QED) is 0.757. The molecule has 0 aromatic carbocycles. The number of hydrogen-bond donors (Lipinski definition) is 2. The number of esters is 1. The van der Waals surface area contributed by atoms with Crippen molar-refractivity contribution in [3.8, 4) is 0 Å². The van der Waals surface area contributed by atoms with Crippen molar-refractivity contribution in [1.82, 2.24) is 0 Å². The lowest BCUT2D eigenvalue weighted by Gasteiger charge is -2.05. The van der Waals surface area contributed by atoms with Crippen molar-refractivity contribution in [2.75, 3.05) is 11.3 Å². The van der Waals surface area contributed by atoms with E-state index in [1.807, 2.05) is 0 Å². The van der Waals surface area contributed by atoms with Crippen LogP contribution < -0.4 is 10.5 Å². The highest BCUT2D eigenvalue weighted by molar-refractivity contribution is 7.94. The minimum absolute atomic E-state index is 0.0275. The molecular weight excluding hydrogens is 344 g/mol. The Morgan fingerprint density at radius 2 is 2.09 bits per heavy atom. The fourth-order valence-electron chi connectivity index (χ4n) is 1.89. The van der Waals surface area contributed by atoms with Crippen LogP contribution in [0.25, 0.3) is 0 Å². The van der Waals surface area contributed by atoms with Crippen molar-refractivity contribution in [2.24, 2.45) is 5.73 Å². The number of ether oxygens (including phenoxy) is 1. The molecule has 3 N–H and O–H groups in total. The highest BCUT2D eigenvalue weighted by Gasteiger charge is 2.30. The van der Waals surface area contributed by atoms with Crippen molar-refractivity contribution in [3.63, 3.8) is 0 Å². The summed E-state index contributed by atoms with van der Waals surface area (Å²) in [6, 6.07) is 2.95. The summed E-state index contributed by atoms with van der Waals surface area (Å²) in [5.74, 6) is -2.20. The maximum Gasteiger partial charge on any atom is 0.342 e. The van der Waals surface area contributed by atoms with E-state index in [1.165, 1.54) is 13.0 Å². The summed E-state index contributed by atoms with van der Waals surface area (Å²) in [7, 11) is -3.95. The van der Waals surface area contributed by atoms with Gasteiger partial charge in [0.2, 0.25) is 5.88 Å². The van der Waals surface area contributed by atoms with Gasteiger partial charge in [-0.1, -0.05) is 6.07 Å². The number of hydrogen-bond acceptors (Lipinski definition) is 7. The molecule has 124 valence electrons. The number of amides is 1. The number of anilines is 1. The van der Waals surface area contributed by atoms with E-state index >= 15 is 0 Å². The van der Waals surface area contributed by atoms with E-state index in [1.54, 1.807) is 18.4 Å². The van der Waals surface area contributed by atoms with Crippen LogP contribution in [-0.2, 0) is 14.8 Å². The van der Waals surface area contributed by atoms with Gasteiger partial charge in [0.25, 0.3) is 15.9 Å². The van der Waals surface area contributed by atoms with Gasteiger partial charge >= 0.3 is 5.97 Å². The van der Waals surface area contributed by atoms with E-state index in [9.17, 15) is 18.0 Å². The highest BCUT2D eigenvalue weighted by atomic mass is 32.2. The van der Waals surface area contributed by atoms with Gasteiger partial charge < -0.3 is 14.9 Å². The zero-order valence-corrected chi connectivity index (χ0v) is 13.9. The highest BCUT2D eigenvalue weighted by Crippen LogP contribution is 2.30. The van der Waals surface area contributed by atoms with Crippen LogP contribution in [0.2, 0.25) is 0 Å². The Kier molecular flexibility index (Phi) is 4.76. The molecule has 2 rings (SSSR count). The molecule has 0 aliphatic carbocycles. The Hall–Kier alpha value is -2.33. The number of thiophene rings is 1. The van der Waals surface area contributed by atoms with Crippen molar-refractivity contribution in [3.05, 3.63) is 34.4 Å². The van der Waals surface area contributed by atoms with Crippen molar-refractivity contribution >= 4 is 39.1 Å². The summed E-state index contributed by atoms with van der Waals surface area (Å²) < 4.78 is 36.7. The molecule has 1 amide bonds. The van der Waals surface area contributed by atoms with E-state index in [0.717, 1.165) is 11.3 Å². The van der Waals surface area contributed by atoms with Crippen molar-refractivity contribution in [1.29, 1.82) is 0 Å². The molecule has 0 spiro atoms. The number of nitrogens with two attached hydrogens (primary N) is 1. The summed E-state index contributed by atoms with van der Waals surface area (Å²) in [4.78, 5) is 23.6. The van der Waals surface area contributed by atoms with E-state index in [2.05, 4.69) is 4.72 Å². The molecule has 0 radical (unpaired) electrons. The second-order valence-electron chi connectivity index (χ2n) is 4.36. The van der Waals surface area contributed by atoms with Gasteiger partial charge in [0.15, 0.2) is 0 Å². The summed E-state index contributed by atoms with van der Waals surface area (Å²) in [5.41, 5.74) is 4.71. The molecule has 2 heterocycles. The van der Waals surface area contributed by atoms with Gasteiger partial charge in [-0.25, -0.2) is 17.9 Å². The molecule has 0 saturated carbocycles. The van der Waals surface area contributed by atoms with Gasteiger partial charge in [0.05, 0.1) is 6.61 Å². The first kappa shape index (κ1) is 17.0. The van der Waals surface area contributed by atoms with Gasteiger partial charge in [-0.15, -0.1) is 11.3 Å². The average Bonchev–Trinajstić information content (AvgIpc) is 3.06. The monoisotopic (exact) mass is 358 g/mol. The van der Waals surface area contributed by atoms with Crippen LogP contribution >= 0.6 is 11.3 Å². The maximum atomic E-state index is 12.2. The first-order valence-corrected chi connectivity index (χ1v) is 8.80. The van der Waals surface area contributed by atoms with Crippen molar-refractivity contribution in [2.45, 2.75) is 18.1 Å². The Bertz CT molecular complexity index is 836. The second kappa shape index (κ2) is 6.42. The molecule has 0 aliphatic rings. The van der Waals surface area contributed by atoms with Crippen LogP contribution in [0, 0.1) is 6.92 Å². The van der Waals surface area contributed by atoms with E-state index < -0.39 is 27.8 Å². The minimum Gasteiger partial charge on any atom is -0.462 e. The predicted molar refractivity (Wildman–Crippen MR) is 83.0 cm³/mol. The summed E-state index contributed by atoms with van der Waals surface area (Å²) in [5, 5.41) is 1.58. The Morgan fingerprint density at radius 3 is 2.61 bits per heavy atom. The largest absolute Gasteiger partial charge is 0.462 e. The predicted octanol–water partition coefficient (Wildman–Crippen LogP) is 1.73. The maximum absolute atomic E-state index is 12.2. The lowest BCUT2D eigenvalue weighted by atomic mass is 10.1. The van der Waals surface area contributed by atoms with Crippen LogP contribution in [0.15, 0.2) is 26.1 Å². The van der Waals surface area contributed by atoms with Gasteiger partial charge in [0, 0.05) is 0 Å². The molecule has 10 heteroatoms. The number of aryl methyl sites for hydroxylation is 1. The molecule has 23 heavy (non-hydrogen) atoms. The van der Waals surface area contributed by atoms with Crippen LogP contribution in [0.4, 0.5) is 5.88 Å². The lowest BCUT2D eigenvalue weighted by Crippen LogP contribution is -2.20. The zero-order valence-electron chi connectivity index (χ0n) is 12.3. The molecule has 8 nitrogen and oxygen atoms in total. The molecule has 0 atom stereocenters. The third kappa shape index (κ3) is 3.37. The number of carbonyl (C=O) groups excluding carboxylic acids is 2. The fraction of sp³-hybridized carbons (Fsp3) is 0.231. The number of rotatable bonds is 6. The Balaban J connectivity index is 2.50. The number of sulfonamides is 1. The Morgan fingerprint density at radius 1 is 1.39 bits per heavy atom. The normalized spacial score (nSPS) is 11.2. The third-order valence-corrected chi connectivity index (χ3v) is 5.53. The topological polar surface area (TPSA) is 129 Å². The molecule has 2 aromatic rings. The van der Waals surface area contributed by atoms with E-state index in [0.29, 0.717) is 0 Å². The number of carbonyl (C=O) groups is 2. The van der Waals surface area contributed by atoms with Gasteiger partial charge in [-0.2, -0.15) is 0 Å². The minimum atomic E-state index is -3.95. The smallest absolute Gasteiger partial charge is 0.342 e. The van der Waals surface area contributed by atoms with Gasteiger partial charge in [0.1, 0.15) is 21.1 Å². The standard InChI is InChI=1S/C13H14N2O6S2/c1-3-20-13(17)9-7(2)21-12(10(9)11(14)16)15-23(18,19)8-5-4-6-22-8/h4-6,15H,3H2,1-2H3,(H2,14,16). The molecule has 0 bridgehead atoms. The summed E-state index contributed by atoms with van der Waals surface area (Å²) >= 11 is 0.989. The average molecular weight is 358 g/mol.